The number of hydrogen-bond acceptors (Lipinski definition) is 2. The zero-order valence-corrected chi connectivity index (χ0v) is 7.49. The van der Waals surface area contributed by atoms with Crippen LogP contribution in [0.3, 0.4) is 0 Å². The van der Waals surface area contributed by atoms with Crippen molar-refractivity contribution in [2.24, 2.45) is 5.41 Å². The van der Waals surface area contributed by atoms with E-state index >= 15 is 0 Å². The van der Waals surface area contributed by atoms with Crippen LogP contribution in [-0.4, -0.2) is 24.9 Å². The third-order valence-electron chi connectivity index (χ3n) is 1.98. The van der Waals surface area contributed by atoms with Gasteiger partial charge in [-0.2, -0.15) is 0 Å². The maximum Gasteiger partial charge on any atom is 0.0614 e. The third-order valence-corrected chi connectivity index (χ3v) is 1.98. The molecule has 0 saturated carbocycles. The Labute approximate surface area is 73.5 Å². The summed E-state index contributed by atoms with van der Waals surface area (Å²) in [6, 6.07) is 0. The third kappa shape index (κ3) is 2.19. The first-order valence-electron chi connectivity index (χ1n) is 4.39. The van der Waals surface area contributed by atoms with Crippen LogP contribution in [0.25, 0.3) is 0 Å². The summed E-state index contributed by atoms with van der Waals surface area (Å²) in [5.74, 6) is 0. The monoisotopic (exact) mass is 168 g/mol. The van der Waals surface area contributed by atoms with Crippen LogP contribution in [0, 0.1) is 5.41 Å². The molecule has 0 atom stereocenters. The van der Waals surface area contributed by atoms with Gasteiger partial charge in [0.15, 0.2) is 0 Å². The zero-order chi connectivity index (χ0) is 8.86. The highest BCUT2D eigenvalue weighted by Gasteiger charge is 2.25. The largest absolute Gasteiger partial charge is 0.395 e. The fourth-order valence-corrected chi connectivity index (χ4v) is 1.20. The Bertz CT molecular complexity index is 170. The van der Waals surface area contributed by atoms with Crippen LogP contribution in [0.5, 0.6) is 0 Å². The quantitative estimate of drug-likeness (QED) is 0.631. The minimum atomic E-state index is -0.241. The summed E-state index contributed by atoms with van der Waals surface area (Å²) < 4.78 is 5.40. The lowest BCUT2D eigenvalue weighted by molar-refractivity contribution is 0.0595. The van der Waals surface area contributed by atoms with Gasteiger partial charge in [-0.3, -0.25) is 0 Å². The summed E-state index contributed by atoms with van der Waals surface area (Å²) in [6.07, 6.45) is 8.90. The molecular formula is C10H16O2. The van der Waals surface area contributed by atoms with Gasteiger partial charge in [-0.25, -0.2) is 0 Å². The zero-order valence-electron chi connectivity index (χ0n) is 7.49. The molecule has 0 heterocycles. The second-order valence-electron chi connectivity index (χ2n) is 3.16. The first-order valence-corrected chi connectivity index (χ1v) is 4.39. The van der Waals surface area contributed by atoms with Crippen molar-refractivity contribution < 1.29 is 9.84 Å². The summed E-state index contributed by atoms with van der Waals surface area (Å²) in [5, 5.41) is 9.13. The van der Waals surface area contributed by atoms with E-state index in [1.54, 1.807) is 0 Å². The molecule has 0 fully saturated rings. The van der Waals surface area contributed by atoms with Crippen LogP contribution in [0.2, 0.25) is 0 Å². The summed E-state index contributed by atoms with van der Waals surface area (Å²) >= 11 is 0. The highest BCUT2D eigenvalue weighted by molar-refractivity contribution is 5.25. The SMILES string of the molecule is CCCOCC1(CO)C=CC=C1. The molecule has 0 saturated heterocycles. The van der Waals surface area contributed by atoms with E-state index in [4.69, 9.17) is 9.84 Å². The van der Waals surface area contributed by atoms with Crippen LogP contribution in [0.4, 0.5) is 0 Å². The van der Waals surface area contributed by atoms with Crippen molar-refractivity contribution in [2.45, 2.75) is 13.3 Å². The molecule has 0 aliphatic heterocycles. The maximum absolute atomic E-state index is 9.13. The Morgan fingerprint density at radius 3 is 2.50 bits per heavy atom. The standard InChI is InChI=1S/C10H16O2/c1-2-7-12-9-10(8-11)5-3-4-6-10/h3-6,11H,2,7-9H2,1H3. The fourth-order valence-electron chi connectivity index (χ4n) is 1.20. The highest BCUT2D eigenvalue weighted by atomic mass is 16.5. The lowest BCUT2D eigenvalue weighted by atomic mass is 9.93. The van der Waals surface area contributed by atoms with E-state index in [0.29, 0.717) is 6.61 Å². The van der Waals surface area contributed by atoms with Crippen molar-refractivity contribution >= 4 is 0 Å². The first-order chi connectivity index (χ1) is 5.83. The summed E-state index contributed by atoms with van der Waals surface area (Å²) in [6.45, 7) is 3.56. The van der Waals surface area contributed by atoms with E-state index in [1.165, 1.54) is 0 Å². The minimum Gasteiger partial charge on any atom is -0.395 e. The van der Waals surface area contributed by atoms with Crippen LogP contribution >= 0.6 is 0 Å². The lowest BCUT2D eigenvalue weighted by Crippen LogP contribution is -2.25. The molecule has 1 N–H and O–H groups in total. The second-order valence-corrected chi connectivity index (χ2v) is 3.16. The highest BCUT2D eigenvalue weighted by Crippen LogP contribution is 2.25. The number of aliphatic hydroxyl groups excluding tert-OH is 1. The molecule has 0 spiro atoms. The predicted octanol–water partition coefficient (Wildman–Crippen LogP) is 1.52. The van der Waals surface area contributed by atoms with Gasteiger partial charge in [-0.05, 0) is 6.42 Å². The average molecular weight is 168 g/mol. The van der Waals surface area contributed by atoms with Crippen molar-refractivity contribution in [1.82, 2.24) is 0 Å². The Kier molecular flexibility index (Phi) is 3.50. The molecule has 12 heavy (non-hydrogen) atoms. The molecule has 2 nitrogen and oxygen atoms in total. The van der Waals surface area contributed by atoms with Gasteiger partial charge in [0.25, 0.3) is 0 Å². The van der Waals surface area contributed by atoms with E-state index in [2.05, 4.69) is 6.92 Å². The topological polar surface area (TPSA) is 29.5 Å². The molecule has 0 radical (unpaired) electrons. The van der Waals surface area contributed by atoms with Crippen molar-refractivity contribution in [3.8, 4) is 0 Å². The van der Waals surface area contributed by atoms with Crippen molar-refractivity contribution in [3.63, 3.8) is 0 Å². The van der Waals surface area contributed by atoms with Gasteiger partial charge in [0.2, 0.25) is 0 Å². The fraction of sp³-hybridized carbons (Fsp3) is 0.600. The molecule has 1 aliphatic carbocycles. The predicted molar refractivity (Wildman–Crippen MR) is 48.9 cm³/mol. The summed E-state index contributed by atoms with van der Waals surface area (Å²) in [7, 11) is 0. The van der Waals surface area contributed by atoms with E-state index in [9.17, 15) is 0 Å². The Hall–Kier alpha value is -0.600. The van der Waals surface area contributed by atoms with E-state index in [0.717, 1.165) is 13.0 Å². The molecule has 0 bridgehead atoms. The number of hydrogen-bond donors (Lipinski definition) is 1. The molecule has 0 amide bonds. The van der Waals surface area contributed by atoms with Gasteiger partial charge in [0, 0.05) is 6.61 Å². The van der Waals surface area contributed by atoms with Gasteiger partial charge >= 0.3 is 0 Å². The van der Waals surface area contributed by atoms with Gasteiger partial charge in [0.05, 0.1) is 18.6 Å². The van der Waals surface area contributed by atoms with Gasteiger partial charge in [0.1, 0.15) is 0 Å². The maximum atomic E-state index is 9.13. The van der Waals surface area contributed by atoms with Crippen molar-refractivity contribution in [2.75, 3.05) is 19.8 Å². The number of ether oxygens (including phenoxy) is 1. The van der Waals surface area contributed by atoms with Crippen molar-refractivity contribution in [3.05, 3.63) is 24.3 Å². The first kappa shape index (κ1) is 9.49. The number of rotatable bonds is 5. The molecule has 0 aromatic rings. The summed E-state index contributed by atoms with van der Waals surface area (Å²) in [5.41, 5.74) is -0.241. The van der Waals surface area contributed by atoms with Crippen molar-refractivity contribution in [1.29, 1.82) is 0 Å². The average Bonchev–Trinajstić information content (AvgIpc) is 2.55. The van der Waals surface area contributed by atoms with Crippen LogP contribution < -0.4 is 0 Å². The molecule has 0 aromatic heterocycles. The lowest BCUT2D eigenvalue weighted by Gasteiger charge is -2.21. The normalized spacial score (nSPS) is 18.8. The molecule has 1 aliphatic rings. The Morgan fingerprint density at radius 2 is 2.00 bits per heavy atom. The van der Waals surface area contributed by atoms with Gasteiger partial charge < -0.3 is 9.84 Å². The number of allylic oxidation sites excluding steroid dienone is 2. The van der Waals surface area contributed by atoms with E-state index in [-0.39, 0.29) is 12.0 Å². The molecule has 1 rings (SSSR count). The Balaban J connectivity index is 2.35. The number of aliphatic hydroxyl groups is 1. The van der Waals surface area contributed by atoms with Crippen LogP contribution in [-0.2, 0) is 4.74 Å². The molecule has 68 valence electrons. The van der Waals surface area contributed by atoms with E-state index < -0.39 is 0 Å². The summed E-state index contributed by atoms with van der Waals surface area (Å²) in [4.78, 5) is 0. The second kappa shape index (κ2) is 4.43. The molecule has 0 unspecified atom stereocenters. The van der Waals surface area contributed by atoms with Crippen LogP contribution in [0.15, 0.2) is 24.3 Å². The van der Waals surface area contributed by atoms with E-state index in [1.807, 2.05) is 24.3 Å². The molecular weight excluding hydrogens is 152 g/mol. The smallest absolute Gasteiger partial charge is 0.0614 e. The van der Waals surface area contributed by atoms with Crippen LogP contribution in [0.1, 0.15) is 13.3 Å². The Morgan fingerprint density at radius 1 is 1.33 bits per heavy atom. The van der Waals surface area contributed by atoms with Gasteiger partial charge in [-0.1, -0.05) is 31.2 Å². The molecule has 0 aromatic carbocycles. The minimum absolute atomic E-state index is 0.129. The van der Waals surface area contributed by atoms with Gasteiger partial charge in [-0.15, -0.1) is 0 Å². The molecule has 2 heteroatoms.